The summed E-state index contributed by atoms with van der Waals surface area (Å²) in [5.74, 6) is 0. The van der Waals surface area contributed by atoms with Crippen LogP contribution in [0.2, 0.25) is 0 Å². The second-order valence-corrected chi connectivity index (χ2v) is 3.62. The molecular formula is C5H13NSi. The smallest absolute Gasteiger partial charge is 0.0787 e. The van der Waals surface area contributed by atoms with Crippen molar-refractivity contribution in [3.63, 3.8) is 0 Å². The fourth-order valence-electron chi connectivity index (χ4n) is 1.08. The van der Waals surface area contributed by atoms with Crippen LogP contribution in [0.3, 0.4) is 0 Å². The average molecular weight is 115 g/mol. The second kappa shape index (κ2) is 1.97. The van der Waals surface area contributed by atoms with Gasteiger partial charge in [0.05, 0.1) is 10.4 Å². The molecule has 1 rings (SSSR count). The number of nitrogens with zero attached hydrogens (tertiary/aromatic N) is 1. The molecule has 0 radical (unpaired) electrons. The molecule has 0 spiro atoms. The maximum Gasteiger partial charge on any atom is 0.0787 e. The van der Waals surface area contributed by atoms with E-state index >= 15 is 0 Å². The maximum atomic E-state index is 2.54. The first-order valence-corrected chi connectivity index (χ1v) is 3.90. The van der Waals surface area contributed by atoms with Gasteiger partial charge in [-0.05, 0) is 25.4 Å². The van der Waals surface area contributed by atoms with Crippen LogP contribution in [0.5, 0.6) is 0 Å². The molecule has 0 saturated carbocycles. The molecule has 42 valence electrons. The zero-order chi connectivity index (χ0) is 5.28. The monoisotopic (exact) mass is 115 g/mol. The Bertz CT molecular complexity index is 57.1. The summed E-state index contributed by atoms with van der Waals surface area (Å²) < 4.78 is 2.54. The van der Waals surface area contributed by atoms with Crippen LogP contribution in [0.25, 0.3) is 0 Å². The maximum absolute atomic E-state index is 2.54. The lowest BCUT2D eigenvalue weighted by Crippen LogP contribution is -2.22. The van der Waals surface area contributed by atoms with E-state index in [0.29, 0.717) is 0 Å². The summed E-state index contributed by atoms with van der Waals surface area (Å²) in [4.78, 5) is 0. The Hall–Kier alpha value is 0.177. The molecule has 2 heteroatoms. The van der Waals surface area contributed by atoms with Gasteiger partial charge in [-0.3, -0.25) is 0 Å². The van der Waals surface area contributed by atoms with E-state index in [2.05, 4.69) is 11.5 Å². The third kappa shape index (κ3) is 1.04. The van der Waals surface area contributed by atoms with Gasteiger partial charge >= 0.3 is 0 Å². The van der Waals surface area contributed by atoms with Gasteiger partial charge in [0.2, 0.25) is 0 Å². The topological polar surface area (TPSA) is 3.24 Å². The summed E-state index contributed by atoms with van der Waals surface area (Å²) in [7, 11) is 1.27. The van der Waals surface area contributed by atoms with Gasteiger partial charge in [0.1, 0.15) is 0 Å². The van der Waals surface area contributed by atoms with Crippen molar-refractivity contribution in [2.45, 2.75) is 25.8 Å². The lowest BCUT2D eigenvalue weighted by atomic mass is 10.3. The van der Waals surface area contributed by atoms with Crippen molar-refractivity contribution in [1.82, 2.24) is 4.57 Å². The van der Waals surface area contributed by atoms with E-state index < -0.39 is 0 Å². The van der Waals surface area contributed by atoms with Crippen LogP contribution >= 0.6 is 0 Å². The molecule has 0 amide bonds. The molecule has 1 nitrogen and oxygen atoms in total. The van der Waals surface area contributed by atoms with E-state index in [1.807, 2.05) is 0 Å². The molecule has 0 bridgehead atoms. The van der Waals surface area contributed by atoms with Crippen LogP contribution in [0.4, 0.5) is 0 Å². The Morgan fingerprint density at radius 1 is 1.71 bits per heavy atom. The van der Waals surface area contributed by atoms with Gasteiger partial charge < -0.3 is 4.57 Å². The van der Waals surface area contributed by atoms with Crippen molar-refractivity contribution in [3.05, 3.63) is 0 Å². The predicted molar refractivity (Wildman–Crippen MR) is 35.3 cm³/mol. The molecule has 1 saturated heterocycles. The molecule has 0 aromatic rings. The van der Waals surface area contributed by atoms with Crippen molar-refractivity contribution in [2.75, 3.05) is 6.54 Å². The molecule has 1 unspecified atom stereocenters. The van der Waals surface area contributed by atoms with E-state index in [-0.39, 0.29) is 0 Å². The molecule has 0 aliphatic carbocycles. The van der Waals surface area contributed by atoms with Crippen LogP contribution < -0.4 is 0 Å². The number of hydrogen-bond acceptors (Lipinski definition) is 1. The summed E-state index contributed by atoms with van der Waals surface area (Å²) >= 11 is 0. The van der Waals surface area contributed by atoms with Crippen molar-refractivity contribution >= 4 is 10.4 Å². The van der Waals surface area contributed by atoms with Crippen LogP contribution in [-0.2, 0) is 0 Å². The van der Waals surface area contributed by atoms with Crippen LogP contribution in [-0.4, -0.2) is 27.6 Å². The van der Waals surface area contributed by atoms with Crippen molar-refractivity contribution in [1.29, 1.82) is 0 Å². The van der Waals surface area contributed by atoms with Crippen molar-refractivity contribution in [2.24, 2.45) is 0 Å². The van der Waals surface area contributed by atoms with Crippen molar-refractivity contribution < 1.29 is 0 Å². The molecule has 0 N–H and O–H groups in total. The molecule has 7 heavy (non-hydrogen) atoms. The molecule has 0 aromatic carbocycles. The second-order valence-electron chi connectivity index (χ2n) is 2.47. The van der Waals surface area contributed by atoms with E-state index in [0.717, 1.165) is 6.04 Å². The first-order chi connectivity index (χ1) is 3.30. The summed E-state index contributed by atoms with van der Waals surface area (Å²) in [6, 6.07) is 0.909. The normalized spacial score (nSPS) is 34.7. The summed E-state index contributed by atoms with van der Waals surface area (Å²) in [6.07, 6.45) is 2.87. The highest BCUT2D eigenvalue weighted by Crippen LogP contribution is 2.11. The standard InChI is InChI=1S/C5H13NSi/c1-5-3-2-4-6(5)7/h5H,2-4H2,1,7H3. The quantitative estimate of drug-likeness (QED) is 0.394. The largest absolute Gasteiger partial charge is 0.330 e. The van der Waals surface area contributed by atoms with Crippen LogP contribution in [0, 0.1) is 0 Å². The highest BCUT2D eigenvalue weighted by atomic mass is 28.2. The Balaban J connectivity index is 2.33. The third-order valence-corrected chi connectivity index (χ3v) is 3.21. The van der Waals surface area contributed by atoms with Gasteiger partial charge in [-0.15, -0.1) is 0 Å². The molecule has 1 atom stereocenters. The average Bonchev–Trinajstić information content (AvgIpc) is 1.91. The summed E-state index contributed by atoms with van der Waals surface area (Å²) in [5, 5.41) is 0. The minimum absolute atomic E-state index is 0.909. The van der Waals surface area contributed by atoms with E-state index in [1.54, 1.807) is 0 Å². The van der Waals surface area contributed by atoms with Gasteiger partial charge in [0.15, 0.2) is 0 Å². The Kier molecular flexibility index (Phi) is 1.49. The fraction of sp³-hybridized carbons (Fsp3) is 1.00. The van der Waals surface area contributed by atoms with Crippen LogP contribution in [0.15, 0.2) is 0 Å². The third-order valence-electron chi connectivity index (χ3n) is 1.89. The molecular weight excluding hydrogens is 102 g/mol. The minimum Gasteiger partial charge on any atom is -0.330 e. The van der Waals surface area contributed by atoms with Gasteiger partial charge in [0.25, 0.3) is 0 Å². The number of hydrogen-bond donors (Lipinski definition) is 0. The fourth-order valence-corrected chi connectivity index (χ4v) is 1.65. The Labute approximate surface area is 48.2 Å². The van der Waals surface area contributed by atoms with Gasteiger partial charge in [-0.25, -0.2) is 0 Å². The van der Waals surface area contributed by atoms with E-state index in [9.17, 15) is 0 Å². The SMILES string of the molecule is CC1CCCN1[SiH3]. The molecule has 1 aliphatic rings. The number of rotatable bonds is 0. The Morgan fingerprint density at radius 3 is 2.57 bits per heavy atom. The summed E-state index contributed by atoms with van der Waals surface area (Å²) in [5.41, 5.74) is 0. The highest BCUT2D eigenvalue weighted by Gasteiger charge is 2.13. The zero-order valence-corrected chi connectivity index (χ0v) is 7.15. The Morgan fingerprint density at radius 2 is 2.43 bits per heavy atom. The van der Waals surface area contributed by atoms with E-state index in [1.165, 1.54) is 29.8 Å². The first-order valence-electron chi connectivity index (χ1n) is 3.01. The molecule has 0 aromatic heterocycles. The zero-order valence-electron chi connectivity index (χ0n) is 5.15. The molecule has 1 heterocycles. The molecule has 1 aliphatic heterocycles. The molecule has 1 fully saturated rings. The predicted octanol–water partition coefficient (Wildman–Crippen LogP) is -0.249. The highest BCUT2D eigenvalue weighted by molar-refractivity contribution is 6.04. The first kappa shape index (κ1) is 5.32. The van der Waals surface area contributed by atoms with Crippen molar-refractivity contribution in [3.8, 4) is 0 Å². The van der Waals surface area contributed by atoms with Gasteiger partial charge in [-0.2, -0.15) is 0 Å². The van der Waals surface area contributed by atoms with Crippen LogP contribution in [0.1, 0.15) is 19.8 Å². The summed E-state index contributed by atoms with van der Waals surface area (Å²) in [6.45, 7) is 3.69. The van der Waals surface area contributed by atoms with E-state index in [4.69, 9.17) is 0 Å². The lowest BCUT2D eigenvalue weighted by molar-refractivity contribution is 0.449. The van der Waals surface area contributed by atoms with Gasteiger partial charge in [0, 0.05) is 0 Å². The minimum atomic E-state index is 0.909. The van der Waals surface area contributed by atoms with Gasteiger partial charge in [-0.1, -0.05) is 6.92 Å². The lowest BCUT2D eigenvalue weighted by Gasteiger charge is -2.12.